The molecule has 0 aliphatic heterocycles. The summed E-state index contributed by atoms with van der Waals surface area (Å²) in [4.78, 5) is 11.9. The van der Waals surface area contributed by atoms with Crippen molar-refractivity contribution < 1.29 is 4.79 Å². The molecule has 2 heterocycles. The van der Waals surface area contributed by atoms with Crippen molar-refractivity contribution in [1.29, 1.82) is 0 Å². The van der Waals surface area contributed by atoms with E-state index >= 15 is 0 Å². The van der Waals surface area contributed by atoms with Crippen molar-refractivity contribution in [3.8, 4) is 0 Å². The predicted molar refractivity (Wildman–Crippen MR) is 79.8 cm³/mol. The number of carbonyl (C=O) groups is 1. The lowest BCUT2D eigenvalue weighted by molar-refractivity contribution is 0.100. The molecule has 0 aromatic carbocycles. The molecule has 0 saturated heterocycles. The van der Waals surface area contributed by atoms with Gasteiger partial charge in [-0.2, -0.15) is 5.10 Å². The summed E-state index contributed by atoms with van der Waals surface area (Å²) in [5.41, 5.74) is 14.1. The summed E-state index contributed by atoms with van der Waals surface area (Å²) in [6, 6.07) is 0.0880. The van der Waals surface area contributed by atoms with Gasteiger partial charge in [-0.3, -0.25) is 9.89 Å². The number of nitrogens with zero attached hydrogens (tertiary/aromatic N) is 1. The van der Waals surface area contributed by atoms with Crippen LogP contribution in [0.15, 0.2) is 12.4 Å². The quantitative estimate of drug-likeness (QED) is 0.677. The third-order valence-electron chi connectivity index (χ3n) is 3.56. The number of H-pyrrole nitrogens is 1. The number of nitrogens with two attached hydrogens (primary N) is 2. The summed E-state index contributed by atoms with van der Waals surface area (Å²) in [6.07, 6.45) is 5.86. The number of amides is 1. The van der Waals surface area contributed by atoms with E-state index in [-0.39, 0.29) is 6.04 Å². The Hall–Kier alpha value is -2.02. The van der Waals surface area contributed by atoms with Crippen LogP contribution in [-0.4, -0.2) is 16.1 Å². The second-order valence-electron chi connectivity index (χ2n) is 5.12. The van der Waals surface area contributed by atoms with Crippen LogP contribution in [0.25, 0.3) is 0 Å². The fraction of sp³-hybridized carbons (Fsp3) is 0.385. The summed E-state index contributed by atoms with van der Waals surface area (Å²) in [7, 11) is 0. The molecule has 1 fully saturated rings. The zero-order chi connectivity index (χ0) is 14.3. The average molecular weight is 291 g/mol. The first-order valence-corrected chi connectivity index (χ1v) is 7.36. The minimum Gasteiger partial charge on any atom is -0.397 e. The van der Waals surface area contributed by atoms with E-state index in [1.807, 2.05) is 13.1 Å². The Balaban J connectivity index is 1.92. The van der Waals surface area contributed by atoms with Crippen LogP contribution in [0.2, 0.25) is 0 Å². The van der Waals surface area contributed by atoms with Gasteiger partial charge in [0.2, 0.25) is 0 Å². The summed E-state index contributed by atoms with van der Waals surface area (Å²) in [5, 5.41) is 11.1. The molecule has 0 radical (unpaired) electrons. The molecular weight excluding hydrogens is 274 g/mol. The molecule has 1 unspecified atom stereocenters. The molecule has 1 aliphatic carbocycles. The largest absolute Gasteiger partial charge is 0.397 e. The summed E-state index contributed by atoms with van der Waals surface area (Å²) < 4.78 is 0. The first-order chi connectivity index (χ1) is 9.58. The number of aromatic amines is 1. The van der Waals surface area contributed by atoms with Crippen LogP contribution in [0, 0.1) is 0 Å². The fourth-order valence-electron chi connectivity index (χ4n) is 2.30. The standard InChI is InChI=1S/C13H17N5OS/c1-6(8-4-16-17-5-8)18-13-9(7-2-3-7)10(14)11(20-13)12(15)19/h4-7,18H,2-3,14H2,1H3,(H2,15,19)(H,16,17). The molecule has 2 aromatic rings. The van der Waals surface area contributed by atoms with Crippen LogP contribution in [0.1, 0.15) is 52.5 Å². The van der Waals surface area contributed by atoms with Gasteiger partial charge in [-0.25, -0.2) is 0 Å². The Morgan fingerprint density at radius 2 is 2.35 bits per heavy atom. The lowest BCUT2D eigenvalue weighted by atomic mass is 10.1. The van der Waals surface area contributed by atoms with Crippen molar-refractivity contribution >= 4 is 27.9 Å². The normalized spacial score (nSPS) is 16.1. The Labute approximate surface area is 120 Å². The van der Waals surface area contributed by atoms with Crippen LogP contribution in [-0.2, 0) is 0 Å². The molecule has 106 valence electrons. The SMILES string of the molecule is CC(Nc1sc(C(N)=O)c(N)c1C1CC1)c1cn[nH]c1. The highest BCUT2D eigenvalue weighted by Crippen LogP contribution is 2.51. The number of aromatic nitrogens is 2. The van der Waals surface area contributed by atoms with Crippen LogP contribution in [0.5, 0.6) is 0 Å². The first kappa shape index (κ1) is 13.0. The number of nitrogens with one attached hydrogen (secondary N) is 2. The van der Waals surface area contributed by atoms with Crippen molar-refractivity contribution in [2.24, 2.45) is 5.73 Å². The van der Waals surface area contributed by atoms with Crippen molar-refractivity contribution in [2.45, 2.75) is 31.7 Å². The highest BCUT2D eigenvalue weighted by atomic mass is 32.1. The second kappa shape index (κ2) is 4.82. The van der Waals surface area contributed by atoms with Gasteiger partial charge in [-0.1, -0.05) is 0 Å². The zero-order valence-electron chi connectivity index (χ0n) is 11.1. The van der Waals surface area contributed by atoms with Gasteiger partial charge in [0.05, 0.1) is 22.9 Å². The second-order valence-corrected chi connectivity index (χ2v) is 6.14. The monoisotopic (exact) mass is 291 g/mol. The van der Waals surface area contributed by atoms with Gasteiger partial charge < -0.3 is 16.8 Å². The number of rotatable bonds is 5. The van der Waals surface area contributed by atoms with E-state index in [9.17, 15) is 4.79 Å². The lowest BCUT2D eigenvalue weighted by Gasteiger charge is -2.13. The van der Waals surface area contributed by atoms with Gasteiger partial charge in [0.1, 0.15) is 4.88 Å². The van der Waals surface area contributed by atoms with E-state index in [1.54, 1.807) is 6.20 Å². The molecule has 6 nitrogen and oxygen atoms in total. The highest BCUT2D eigenvalue weighted by molar-refractivity contribution is 7.18. The highest BCUT2D eigenvalue weighted by Gasteiger charge is 2.32. The van der Waals surface area contributed by atoms with Gasteiger partial charge in [-0.05, 0) is 25.7 Å². The molecule has 1 aliphatic rings. The zero-order valence-corrected chi connectivity index (χ0v) is 12.0. The Kier molecular flexibility index (Phi) is 3.13. The number of anilines is 2. The molecule has 0 spiro atoms. The van der Waals surface area contributed by atoms with E-state index < -0.39 is 5.91 Å². The summed E-state index contributed by atoms with van der Waals surface area (Å²) in [6.45, 7) is 2.04. The van der Waals surface area contributed by atoms with Crippen LogP contribution >= 0.6 is 11.3 Å². The molecular formula is C13H17N5OS. The number of hydrogen-bond acceptors (Lipinski definition) is 5. The summed E-state index contributed by atoms with van der Waals surface area (Å²) in [5.74, 6) is -0.00295. The number of hydrogen-bond donors (Lipinski definition) is 4. The predicted octanol–water partition coefficient (Wildman–Crippen LogP) is 2.20. The minimum absolute atomic E-state index is 0.0880. The molecule has 1 atom stereocenters. The molecule has 0 bridgehead atoms. The van der Waals surface area contributed by atoms with Crippen molar-refractivity contribution in [3.05, 3.63) is 28.4 Å². The fourth-order valence-corrected chi connectivity index (χ4v) is 3.45. The Morgan fingerprint density at radius 1 is 1.60 bits per heavy atom. The lowest BCUT2D eigenvalue weighted by Crippen LogP contribution is -2.11. The van der Waals surface area contributed by atoms with Gasteiger partial charge in [0.25, 0.3) is 5.91 Å². The van der Waals surface area contributed by atoms with E-state index in [0.29, 0.717) is 16.5 Å². The average Bonchev–Trinajstić information content (AvgIpc) is 2.97. The van der Waals surface area contributed by atoms with E-state index in [0.717, 1.165) is 29.0 Å². The van der Waals surface area contributed by atoms with Gasteiger partial charge in [0.15, 0.2) is 0 Å². The van der Waals surface area contributed by atoms with Gasteiger partial charge in [0, 0.05) is 17.3 Å². The number of primary amides is 1. The molecule has 20 heavy (non-hydrogen) atoms. The third kappa shape index (κ3) is 2.24. The minimum atomic E-state index is -0.460. The van der Waals surface area contributed by atoms with E-state index in [2.05, 4.69) is 15.5 Å². The van der Waals surface area contributed by atoms with Gasteiger partial charge >= 0.3 is 0 Å². The molecule has 7 heteroatoms. The topological polar surface area (TPSA) is 110 Å². The Bertz CT molecular complexity index is 629. The summed E-state index contributed by atoms with van der Waals surface area (Å²) >= 11 is 1.35. The number of carbonyl (C=O) groups excluding carboxylic acids is 1. The maximum Gasteiger partial charge on any atom is 0.260 e. The number of thiophene rings is 1. The molecule has 1 amide bonds. The molecule has 3 rings (SSSR count). The van der Waals surface area contributed by atoms with Crippen LogP contribution in [0.3, 0.4) is 0 Å². The van der Waals surface area contributed by atoms with E-state index in [4.69, 9.17) is 11.5 Å². The molecule has 6 N–H and O–H groups in total. The molecule has 1 saturated carbocycles. The number of nitrogen functional groups attached to an aromatic ring is 1. The third-order valence-corrected chi connectivity index (χ3v) is 4.73. The van der Waals surface area contributed by atoms with Crippen LogP contribution < -0.4 is 16.8 Å². The molecule has 2 aromatic heterocycles. The van der Waals surface area contributed by atoms with Crippen LogP contribution in [0.4, 0.5) is 10.7 Å². The van der Waals surface area contributed by atoms with Crippen molar-refractivity contribution in [3.63, 3.8) is 0 Å². The maximum atomic E-state index is 11.5. The Morgan fingerprint density at radius 3 is 2.90 bits per heavy atom. The van der Waals surface area contributed by atoms with Crippen molar-refractivity contribution in [1.82, 2.24) is 10.2 Å². The maximum absolute atomic E-state index is 11.5. The van der Waals surface area contributed by atoms with E-state index in [1.165, 1.54) is 11.3 Å². The van der Waals surface area contributed by atoms with Crippen molar-refractivity contribution in [2.75, 3.05) is 11.1 Å². The smallest absolute Gasteiger partial charge is 0.260 e. The first-order valence-electron chi connectivity index (χ1n) is 6.55. The van der Waals surface area contributed by atoms with Gasteiger partial charge in [-0.15, -0.1) is 11.3 Å².